The van der Waals surface area contributed by atoms with Crippen LogP contribution in [-0.4, -0.2) is 10.6 Å². The van der Waals surface area contributed by atoms with Crippen LogP contribution in [0.5, 0.6) is 0 Å². The van der Waals surface area contributed by atoms with E-state index in [1.54, 1.807) is 12.1 Å². The summed E-state index contributed by atoms with van der Waals surface area (Å²) in [7, 11) is 0. The van der Waals surface area contributed by atoms with Crippen molar-refractivity contribution in [2.45, 2.75) is 13.0 Å². The maximum Gasteiger partial charge on any atom is 0.319 e. The minimum Gasteiger partial charge on any atom is -0.331 e. The van der Waals surface area contributed by atoms with Gasteiger partial charge < -0.3 is 15.2 Å². The van der Waals surface area contributed by atoms with Gasteiger partial charge >= 0.3 is 6.03 Å². The van der Waals surface area contributed by atoms with Gasteiger partial charge in [0.25, 0.3) is 0 Å². The quantitative estimate of drug-likeness (QED) is 0.729. The van der Waals surface area contributed by atoms with Crippen LogP contribution < -0.4 is 10.6 Å². The molecule has 2 aromatic carbocycles. The predicted molar refractivity (Wildman–Crippen MR) is 92.7 cm³/mol. The van der Waals surface area contributed by atoms with Gasteiger partial charge in [0.15, 0.2) is 0 Å². The molecule has 0 radical (unpaired) electrons. The van der Waals surface area contributed by atoms with Crippen molar-refractivity contribution in [1.29, 1.82) is 0 Å². The zero-order chi connectivity index (χ0) is 16.9. The Morgan fingerprint density at radius 2 is 1.75 bits per heavy atom. The van der Waals surface area contributed by atoms with E-state index in [2.05, 4.69) is 10.6 Å². The number of nitrogens with one attached hydrogen (secondary N) is 2. The van der Waals surface area contributed by atoms with Gasteiger partial charge in [0.05, 0.1) is 6.04 Å². The van der Waals surface area contributed by atoms with Crippen LogP contribution in [0.1, 0.15) is 18.5 Å². The summed E-state index contributed by atoms with van der Waals surface area (Å²) in [6, 6.07) is 17.1. The Hall–Kier alpha value is -3.08. The molecule has 1 unspecified atom stereocenters. The largest absolute Gasteiger partial charge is 0.331 e. The van der Waals surface area contributed by atoms with Crippen LogP contribution in [0.2, 0.25) is 0 Å². The second-order valence-corrected chi connectivity index (χ2v) is 5.51. The molecule has 0 aliphatic heterocycles. The molecule has 2 amide bonds. The van der Waals surface area contributed by atoms with Crippen LogP contribution in [0.4, 0.5) is 14.9 Å². The Labute approximate surface area is 139 Å². The van der Waals surface area contributed by atoms with Gasteiger partial charge in [0.2, 0.25) is 0 Å². The molecule has 0 aliphatic rings. The summed E-state index contributed by atoms with van der Waals surface area (Å²) in [6.07, 6.45) is 3.95. The third-order valence-corrected chi connectivity index (χ3v) is 3.73. The highest BCUT2D eigenvalue weighted by atomic mass is 19.1. The third kappa shape index (κ3) is 3.81. The summed E-state index contributed by atoms with van der Waals surface area (Å²) >= 11 is 0. The van der Waals surface area contributed by atoms with Gasteiger partial charge in [-0.15, -0.1) is 0 Å². The highest BCUT2D eigenvalue weighted by molar-refractivity contribution is 5.89. The first-order valence-corrected chi connectivity index (χ1v) is 7.68. The Morgan fingerprint density at radius 3 is 2.42 bits per heavy atom. The van der Waals surface area contributed by atoms with Crippen LogP contribution in [-0.2, 0) is 0 Å². The molecule has 1 aromatic heterocycles. The molecule has 5 heteroatoms. The van der Waals surface area contributed by atoms with Crippen LogP contribution in [0.15, 0.2) is 73.1 Å². The fourth-order valence-corrected chi connectivity index (χ4v) is 2.46. The van der Waals surface area contributed by atoms with Gasteiger partial charge in [-0.1, -0.05) is 18.2 Å². The number of hydrogen-bond acceptors (Lipinski definition) is 1. The van der Waals surface area contributed by atoms with Gasteiger partial charge in [-0.2, -0.15) is 0 Å². The van der Waals surface area contributed by atoms with Crippen LogP contribution in [0, 0.1) is 5.82 Å². The van der Waals surface area contributed by atoms with Crippen LogP contribution in [0.25, 0.3) is 5.69 Å². The number of carbonyl (C=O) groups is 1. The van der Waals surface area contributed by atoms with Crippen molar-refractivity contribution in [3.05, 3.63) is 84.4 Å². The number of amides is 2. The number of urea groups is 1. The predicted octanol–water partition coefficient (Wildman–Crippen LogP) is 4.50. The first-order chi connectivity index (χ1) is 11.6. The average molecular weight is 323 g/mol. The standard InChI is InChI=1S/C19H18FN3O/c1-14(21-19(24)22-17-6-4-5-16(20)13-17)15-7-9-18(10-8-15)23-11-2-3-12-23/h2-14H,1H3,(H2,21,22,24). The summed E-state index contributed by atoms with van der Waals surface area (Å²) in [5.41, 5.74) is 2.46. The molecule has 24 heavy (non-hydrogen) atoms. The highest BCUT2D eigenvalue weighted by Crippen LogP contribution is 2.16. The lowest BCUT2D eigenvalue weighted by Crippen LogP contribution is -2.31. The number of aromatic nitrogens is 1. The van der Waals surface area contributed by atoms with Crippen molar-refractivity contribution < 1.29 is 9.18 Å². The second-order valence-electron chi connectivity index (χ2n) is 5.51. The first kappa shape index (κ1) is 15.8. The molecule has 122 valence electrons. The first-order valence-electron chi connectivity index (χ1n) is 7.68. The van der Waals surface area contributed by atoms with Crippen LogP contribution >= 0.6 is 0 Å². The van der Waals surface area contributed by atoms with E-state index in [0.717, 1.165) is 11.3 Å². The summed E-state index contributed by atoms with van der Waals surface area (Å²) in [4.78, 5) is 12.0. The number of halogens is 1. The summed E-state index contributed by atoms with van der Waals surface area (Å²) in [6.45, 7) is 1.90. The summed E-state index contributed by atoms with van der Waals surface area (Å²) in [5, 5.41) is 5.46. The van der Waals surface area contributed by atoms with E-state index in [0.29, 0.717) is 5.69 Å². The lowest BCUT2D eigenvalue weighted by Gasteiger charge is -2.16. The Bertz CT molecular complexity index is 813. The fourth-order valence-electron chi connectivity index (χ4n) is 2.46. The zero-order valence-corrected chi connectivity index (χ0v) is 13.2. The van der Waals surface area contributed by atoms with Crippen molar-refractivity contribution in [3.63, 3.8) is 0 Å². The van der Waals surface area contributed by atoms with Gasteiger partial charge in [-0.25, -0.2) is 9.18 Å². The number of anilines is 1. The molecule has 0 aliphatic carbocycles. The molecule has 3 rings (SSSR count). The van der Waals surface area contributed by atoms with Crippen molar-refractivity contribution in [2.24, 2.45) is 0 Å². The molecule has 0 spiro atoms. The SMILES string of the molecule is CC(NC(=O)Nc1cccc(F)c1)c1ccc(-n2cccc2)cc1. The zero-order valence-electron chi connectivity index (χ0n) is 13.2. The van der Waals surface area contributed by atoms with Gasteiger partial charge in [-0.3, -0.25) is 0 Å². The smallest absolute Gasteiger partial charge is 0.319 e. The van der Waals surface area contributed by atoms with Crippen molar-refractivity contribution in [1.82, 2.24) is 9.88 Å². The molecular weight excluding hydrogens is 305 g/mol. The lowest BCUT2D eigenvalue weighted by atomic mass is 10.1. The number of hydrogen-bond donors (Lipinski definition) is 2. The van der Waals surface area contributed by atoms with E-state index in [1.165, 1.54) is 12.1 Å². The number of benzene rings is 2. The Morgan fingerprint density at radius 1 is 1.04 bits per heavy atom. The molecule has 1 heterocycles. The number of carbonyl (C=O) groups excluding carboxylic acids is 1. The van der Waals surface area contributed by atoms with E-state index in [9.17, 15) is 9.18 Å². The van der Waals surface area contributed by atoms with Crippen molar-refractivity contribution >= 4 is 11.7 Å². The van der Waals surface area contributed by atoms with Gasteiger partial charge in [0.1, 0.15) is 5.82 Å². The second kappa shape index (κ2) is 7.00. The molecule has 0 saturated heterocycles. The Kier molecular flexibility index (Phi) is 4.61. The molecule has 3 aromatic rings. The highest BCUT2D eigenvalue weighted by Gasteiger charge is 2.10. The molecule has 1 atom stereocenters. The van der Waals surface area contributed by atoms with Crippen molar-refractivity contribution in [3.8, 4) is 5.69 Å². The molecule has 0 saturated carbocycles. The molecular formula is C19H18FN3O. The minimum absolute atomic E-state index is 0.169. The third-order valence-electron chi connectivity index (χ3n) is 3.73. The maximum absolute atomic E-state index is 13.1. The van der Waals surface area contributed by atoms with E-state index in [-0.39, 0.29) is 17.9 Å². The van der Waals surface area contributed by atoms with E-state index >= 15 is 0 Å². The van der Waals surface area contributed by atoms with E-state index < -0.39 is 0 Å². The number of rotatable bonds is 4. The van der Waals surface area contributed by atoms with E-state index in [4.69, 9.17) is 0 Å². The monoisotopic (exact) mass is 323 g/mol. The molecule has 4 nitrogen and oxygen atoms in total. The van der Waals surface area contributed by atoms with E-state index in [1.807, 2.05) is 60.3 Å². The maximum atomic E-state index is 13.1. The topological polar surface area (TPSA) is 46.1 Å². The molecule has 0 bridgehead atoms. The van der Waals surface area contributed by atoms with Crippen molar-refractivity contribution in [2.75, 3.05) is 5.32 Å². The minimum atomic E-state index is -0.388. The Balaban J connectivity index is 1.62. The van der Waals surface area contributed by atoms with Gasteiger partial charge in [0, 0.05) is 23.8 Å². The van der Waals surface area contributed by atoms with Crippen LogP contribution in [0.3, 0.4) is 0 Å². The molecule has 0 fully saturated rings. The lowest BCUT2D eigenvalue weighted by molar-refractivity contribution is 0.249. The van der Waals surface area contributed by atoms with Gasteiger partial charge in [-0.05, 0) is 55.0 Å². The number of nitrogens with zero attached hydrogens (tertiary/aromatic N) is 1. The average Bonchev–Trinajstić information content (AvgIpc) is 3.09. The summed E-state index contributed by atoms with van der Waals surface area (Å²) in [5.74, 6) is -0.388. The normalized spacial score (nSPS) is 11.8. The summed E-state index contributed by atoms with van der Waals surface area (Å²) < 4.78 is 15.1. The fraction of sp³-hybridized carbons (Fsp3) is 0.105. The molecule has 2 N–H and O–H groups in total.